The second-order valence-corrected chi connectivity index (χ2v) is 11.9. The van der Waals surface area contributed by atoms with Crippen LogP contribution in [0.15, 0.2) is 84.9 Å². The summed E-state index contributed by atoms with van der Waals surface area (Å²) in [6, 6.07) is 29.0. The number of para-hydroxylation sites is 1. The molecule has 0 saturated carbocycles. The molecule has 0 atom stereocenters. The van der Waals surface area contributed by atoms with Gasteiger partial charge in [0, 0.05) is 24.5 Å². The highest BCUT2D eigenvalue weighted by Crippen LogP contribution is 2.30. The van der Waals surface area contributed by atoms with Gasteiger partial charge in [0.25, 0.3) is 0 Å². The van der Waals surface area contributed by atoms with Gasteiger partial charge in [0.2, 0.25) is 23.8 Å². The average molecular weight is 680 g/mol. The summed E-state index contributed by atoms with van der Waals surface area (Å²) in [5.74, 6) is 2.53. The van der Waals surface area contributed by atoms with Gasteiger partial charge >= 0.3 is 12.0 Å². The van der Waals surface area contributed by atoms with Crippen molar-refractivity contribution >= 4 is 35.2 Å². The number of aromatic nitrogens is 6. The van der Waals surface area contributed by atoms with Crippen molar-refractivity contribution in [3.8, 4) is 29.6 Å². The van der Waals surface area contributed by atoms with Gasteiger partial charge in [-0.2, -0.15) is 35.2 Å². The van der Waals surface area contributed by atoms with Crippen LogP contribution < -0.4 is 30.7 Å². The number of nitriles is 1. The molecule has 0 fully saturated rings. The molecule has 4 aromatic carbocycles. The molecule has 0 radical (unpaired) electrons. The number of anilines is 6. The molecule has 13 heteroatoms. The van der Waals surface area contributed by atoms with Crippen LogP contribution in [-0.2, 0) is 0 Å². The van der Waals surface area contributed by atoms with E-state index in [0.717, 1.165) is 33.5 Å². The Morgan fingerprint density at radius 1 is 0.549 bits per heavy atom. The molecule has 0 aliphatic carbocycles. The van der Waals surface area contributed by atoms with Crippen LogP contribution in [0, 0.1) is 45.9 Å². The Kier molecular flexibility index (Phi) is 10.4. The van der Waals surface area contributed by atoms with Crippen LogP contribution in [0.5, 0.6) is 23.5 Å². The minimum atomic E-state index is 0.119. The molecule has 0 amide bonds. The molecule has 4 N–H and O–H groups in total. The maximum atomic E-state index is 9.18. The van der Waals surface area contributed by atoms with Crippen molar-refractivity contribution in [1.29, 1.82) is 5.26 Å². The smallest absolute Gasteiger partial charge is 0.328 e. The van der Waals surface area contributed by atoms with E-state index in [2.05, 4.69) is 57.2 Å². The second-order valence-electron chi connectivity index (χ2n) is 11.9. The van der Waals surface area contributed by atoms with Crippen LogP contribution in [0.25, 0.3) is 0 Å². The van der Waals surface area contributed by atoms with Gasteiger partial charge in [-0.3, -0.25) is 0 Å². The third-order valence-corrected chi connectivity index (χ3v) is 7.55. The molecular weight excluding hydrogens is 642 g/mol. The summed E-state index contributed by atoms with van der Waals surface area (Å²) >= 11 is 0. The van der Waals surface area contributed by atoms with E-state index in [1.165, 1.54) is 0 Å². The van der Waals surface area contributed by atoms with Crippen molar-refractivity contribution in [2.24, 2.45) is 0 Å². The number of hydrogen-bond donors (Lipinski definition) is 4. The normalized spacial score (nSPS) is 10.6. The molecule has 0 saturated heterocycles. The molecule has 2 aromatic heterocycles. The molecular formula is C38H37N11O2. The van der Waals surface area contributed by atoms with Gasteiger partial charge in [0.15, 0.2) is 0 Å². The molecule has 0 aliphatic heterocycles. The van der Waals surface area contributed by atoms with Crippen molar-refractivity contribution in [2.45, 2.75) is 34.6 Å². The zero-order valence-corrected chi connectivity index (χ0v) is 28.9. The summed E-state index contributed by atoms with van der Waals surface area (Å²) < 4.78 is 12.3. The second kappa shape index (κ2) is 15.6. The molecule has 6 rings (SSSR count). The van der Waals surface area contributed by atoms with Crippen molar-refractivity contribution in [3.63, 3.8) is 0 Å². The number of aryl methyl sites for hydroxylation is 5. The lowest BCUT2D eigenvalue weighted by Crippen LogP contribution is -2.18. The highest BCUT2D eigenvalue weighted by Gasteiger charge is 2.14. The Morgan fingerprint density at radius 2 is 1.08 bits per heavy atom. The van der Waals surface area contributed by atoms with Gasteiger partial charge in [0.1, 0.15) is 11.5 Å². The van der Waals surface area contributed by atoms with Gasteiger partial charge in [-0.15, -0.1) is 0 Å². The highest BCUT2D eigenvalue weighted by molar-refractivity contribution is 5.57. The first-order valence-corrected chi connectivity index (χ1v) is 16.3. The summed E-state index contributed by atoms with van der Waals surface area (Å²) in [5, 5.41) is 22.1. The van der Waals surface area contributed by atoms with E-state index < -0.39 is 0 Å². The predicted molar refractivity (Wildman–Crippen MR) is 198 cm³/mol. The Morgan fingerprint density at radius 3 is 1.65 bits per heavy atom. The van der Waals surface area contributed by atoms with Crippen molar-refractivity contribution < 1.29 is 9.47 Å². The Balaban J connectivity index is 1.20. The van der Waals surface area contributed by atoms with E-state index in [1.807, 2.05) is 95.3 Å². The van der Waals surface area contributed by atoms with E-state index >= 15 is 0 Å². The molecule has 2 heterocycles. The monoisotopic (exact) mass is 679 g/mol. The predicted octanol–water partition coefficient (Wildman–Crippen LogP) is 8.07. The third-order valence-electron chi connectivity index (χ3n) is 7.55. The van der Waals surface area contributed by atoms with Crippen LogP contribution in [-0.4, -0.2) is 43.0 Å². The van der Waals surface area contributed by atoms with E-state index in [9.17, 15) is 5.26 Å². The lowest BCUT2D eigenvalue weighted by atomic mass is 10.1. The molecule has 13 nitrogen and oxygen atoms in total. The van der Waals surface area contributed by atoms with E-state index in [4.69, 9.17) is 9.47 Å². The minimum absolute atomic E-state index is 0.119. The minimum Gasteiger partial charge on any atom is -0.424 e. The first kappa shape index (κ1) is 34.1. The molecule has 0 aliphatic rings. The van der Waals surface area contributed by atoms with Gasteiger partial charge in [-0.25, -0.2) is 0 Å². The fourth-order valence-electron chi connectivity index (χ4n) is 5.26. The number of ether oxygens (including phenoxy) is 2. The Hall–Kier alpha value is -6.81. The third kappa shape index (κ3) is 9.21. The lowest BCUT2D eigenvalue weighted by Gasteiger charge is -2.14. The zero-order chi connectivity index (χ0) is 35.7. The molecule has 0 spiro atoms. The lowest BCUT2D eigenvalue weighted by molar-refractivity contribution is 0.435. The molecule has 0 unspecified atom stereocenters. The van der Waals surface area contributed by atoms with Crippen LogP contribution in [0.2, 0.25) is 0 Å². The first-order chi connectivity index (χ1) is 24.7. The standard InChI is InChI=1S/C38H37N11O2/c1-23-11-16-31(25(3)19-23)50-37-46-33(44-35(48-37)42-29-9-7-6-8-10-29)40-17-18-41-34-45-36(43-30-14-12-28(22-39)13-15-30)49-38(47-34)51-32-26(4)20-24(2)21-27(32)5/h6-16,19-21H,17-18H2,1-5H3,(H2,40,42,44,46,48)(H2,41,43,45,47,49). The van der Waals surface area contributed by atoms with Crippen LogP contribution in [0.3, 0.4) is 0 Å². The topological polar surface area (TPSA) is 168 Å². The summed E-state index contributed by atoms with van der Waals surface area (Å²) in [7, 11) is 0. The fraction of sp³-hybridized carbons (Fsp3) is 0.184. The van der Waals surface area contributed by atoms with Crippen LogP contribution in [0.1, 0.15) is 33.4 Å². The number of nitrogens with one attached hydrogen (secondary N) is 4. The van der Waals surface area contributed by atoms with Crippen LogP contribution in [0.4, 0.5) is 35.2 Å². The summed E-state index contributed by atoms with van der Waals surface area (Å²) in [6.07, 6.45) is 0. The van der Waals surface area contributed by atoms with Gasteiger partial charge in [-0.05, 0) is 93.8 Å². The fourth-order valence-corrected chi connectivity index (χ4v) is 5.26. The number of hydrogen-bond acceptors (Lipinski definition) is 13. The maximum absolute atomic E-state index is 9.18. The number of rotatable bonds is 13. The summed E-state index contributed by atoms with van der Waals surface area (Å²) in [5.41, 5.74) is 7.24. The van der Waals surface area contributed by atoms with E-state index in [1.54, 1.807) is 24.3 Å². The van der Waals surface area contributed by atoms with Gasteiger partial charge < -0.3 is 30.7 Å². The Labute approximate surface area is 296 Å². The zero-order valence-electron chi connectivity index (χ0n) is 28.9. The van der Waals surface area contributed by atoms with Gasteiger partial charge in [0.05, 0.1) is 11.6 Å². The number of benzene rings is 4. The summed E-state index contributed by atoms with van der Waals surface area (Å²) in [6.45, 7) is 10.8. The molecule has 6 aromatic rings. The molecule has 51 heavy (non-hydrogen) atoms. The van der Waals surface area contributed by atoms with Crippen LogP contribution >= 0.6 is 0 Å². The quantitative estimate of drug-likeness (QED) is 0.0866. The Bertz CT molecular complexity index is 2160. The van der Waals surface area contributed by atoms with Crippen molar-refractivity contribution in [3.05, 3.63) is 118 Å². The first-order valence-electron chi connectivity index (χ1n) is 16.3. The van der Waals surface area contributed by atoms with Crippen molar-refractivity contribution in [1.82, 2.24) is 29.9 Å². The van der Waals surface area contributed by atoms with Gasteiger partial charge in [-0.1, -0.05) is 53.6 Å². The largest absolute Gasteiger partial charge is 0.424 e. The molecule has 256 valence electrons. The van der Waals surface area contributed by atoms with Crippen molar-refractivity contribution in [2.75, 3.05) is 34.4 Å². The summed E-state index contributed by atoms with van der Waals surface area (Å²) in [4.78, 5) is 27.2. The number of nitrogens with zero attached hydrogens (tertiary/aromatic N) is 7. The van der Waals surface area contributed by atoms with E-state index in [-0.39, 0.29) is 18.0 Å². The molecule has 0 bridgehead atoms. The van der Waals surface area contributed by atoms with E-state index in [0.29, 0.717) is 53.7 Å². The average Bonchev–Trinajstić information content (AvgIpc) is 3.10. The highest BCUT2D eigenvalue weighted by atomic mass is 16.5. The maximum Gasteiger partial charge on any atom is 0.328 e. The SMILES string of the molecule is Cc1ccc(Oc2nc(NCCNc3nc(Nc4ccc(C#N)cc4)nc(Oc4c(C)cc(C)cc4C)n3)nc(Nc3ccccc3)n2)c(C)c1.